The van der Waals surface area contributed by atoms with Gasteiger partial charge in [-0.15, -0.1) is 0 Å². The summed E-state index contributed by atoms with van der Waals surface area (Å²) >= 11 is 6.34. The lowest BCUT2D eigenvalue weighted by Crippen LogP contribution is -2.55. The van der Waals surface area contributed by atoms with Crippen LogP contribution < -0.4 is 10.2 Å². The van der Waals surface area contributed by atoms with E-state index in [1.807, 2.05) is 6.92 Å². The van der Waals surface area contributed by atoms with E-state index in [2.05, 4.69) is 23.2 Å². The number of anilines is 1. The number of rotatable bonds is 2. The molecule has 0 radical (unpaired) electrons. The van der Waals surface area contributed by atoms with E-state index in [4.69, 9.17) is 21.3 Å². The van der Waals surface area contributed by atoms with E-state index in [0.29, 0.717) is 17.1 Å². The molecular formula is C14H20ClN3O. The van der Waals surface area contributed by atoms with Crippen LogP contribution in [0.4, 0.5) is 5.82 Å². The summed E-state index contributed by atoms with van der Waals surface area (Å²) in [4.78, 5) is 7.24. The SMILES string of the molecule is COC(C)c1nc2c(cc1Cl)C[C@@H]1CNC[C@@H](C)N21. The molecule has 1 N–H and O–H groups in total. The van der Waals surface area contributed by atoms with Crippen molar-refractivity contribution in [3.8, 4) is 0 Å². The van der Waals surface area contributed by atoms with Gasteiger partial charge in [-0.1, -0.05) is 11.6 Å². The number of piperazine rings is 1. The van der Waals surface area contributed by atoms with Crippen LogP contribution in [0.2, 0.25) is 5.02 Å². The largest absolute Gasteiger partial charge is 0.375 e. The molecule has 3 heterocycles. The van der Waals surface area contributed by atoms with Crippen LogP contribution in [-0.2, 0) is 11.2 Å². The zero-order valence-corrected chi connectivity index (χ0v) is 12.4. The number of fused-ring (bicyclic) bond motifs is 3. The van der Waals surface area contributed by atoms with E-state index in [-0.39, 0.29) is 6.10 Å². The second-order valence-corrected chi connectivity index (χ2v) is 5.90. The number of nitrogens with zero attached hydrogens (tertiary/aromatic N) is 2. The number of hydrogen-bond acceptors (Lipinski definition) is 4. The quantitative estimate of drug-likeness (QED) is 0.901. The third kappa shape index (κ3) is 2.12. The molecule has 1 aromatic rings. The van der Waals surface area contributed by atoms with E-state index in [1.54, 1.807) is 7.11 Å². The van der Waals surface area contributed by atoms with E-state index in [1.165, 1.54) is 5.56 Å². The van der Waals surface area contributed by atoms with Gasteiger partial charge in [-0.2, -0.15) is 0 Å². The van der Waals surface area contributed by atoms with Gasteiger partial charge in [-0.25, -0.2) is 4.98 Å². The summed E-state index contributed by atoms with van der Waals surface area (Å²) in [6.07, 6.45) is 0.955. The zero-order valence-electron chi connectivity index (χ0n) is 11.6. The van der Waals surface area contributed by atoms with Gasteiger partial charge in [0.1, 0.15) is 5.82 Å². The second-order valence-electron chi connectivity index (χ2n) is 5.49. The molecule has 0 aliphatic carbocycles. The highest BCUT2D eigenvalue weighted by Gasteiger charge is 2.37. The van der Waals surface area contributed by atoms with Crippen molar-refractivity contribution >= 4 is 17.4 Å². The second kappa shape index (κ2) is 4.93. The van der Waals surface area contributed by atoms with Crippen LogP contribution in [0.5, 0.6) is 0 Å². The van der Waals surface area contributed by atoms with Crippen LogP contribution in [0.3, 0.4) is 0 Å². The predicted octanol–water partition coefficient (Wildman–Crippen LogP) is 2.17. The molecule has 2 aliphatic rings. The van der Waals surface area contributed by atoms with Gasteiger partial charge in [0.05, 0.1) is 16.8 Å². The Morgan fingerprint density at radius 2 is 2.32 bits per heavy atom. The number of ether oxygens (including phenoxy) is 1. The number of hydrogen-bond donors (Lipinski definition) is 1. The maximum Gasteiger partial charge on any atom is 0.132 e. The third-order valence-corrected chi connectivity index (χ3v) is 4.49. The van der Waals surface area contributed by atoms with Crippen molar-refractivity contribution in [3.05, 3.63) is 22.3 Å². The number of methoxy groups -OCH3 is 1. The summed E-state index contributed by atoms with van der Waals surface area (Å²) in [6.45, 7) is 6.25. The first-order chi connectivity index (χ1) is 9.11. The first-order valence-corrected chi connectivity index (χ1v) is 7.20. The minimum Gasteiger partial charge on any atom is -0.375 e. The van der Waals surface area contributed by atoms with Gasteiger partial charge in [0, 0.05) is 32.3 Å². The minimum atomic E-state index is -0.0740. The molecule has 0 aromatic carbocycles. The molecule has 0 saturated carbocycles. The average molecular weight is 282 g/mol. The molecule has 0 amide bonds. The van der Waals surface area contributed by atoms with E-state index < -0.39 is 0 Å². The lowest BCUT2D eigenvalue weighted by Gasteiger charge is -2.37. The highest BCUT2D eigenvalue weighted by molar-refractivity contribution is 6.31. The number of pyridine rings is 1. The molecule has 19 heavy (non-hydrogen) atoms. The Hall–Kier alpha value is -0.840. The Morgan fingerprint density at radius 1 is 1.53 bits per heavy atom. The molecule has 1 fully saturated rings. The lowest BCUT2D eigenvalue weighted by molar-refractivity contribution is 0.116. The smallest absolute Gasteiger partial charge is 0.132 e. The molecule has 3 atom stereocenters. The standard InChI is InChI=1S/C14H20ClN3O/c1-8-6-16-7-11-4-10-5-12(15)13(9(2)19-3)17-14(10)18(8)11/h5,8-9,11,16H,4,6-7H2,1-3H3/t8-,9?,11-/m1/s1. The van der Waals surface area contributed by atoms with Gasteiger partial charge in [0.2, 0.25) is 0 Å². The van der Waals surface area contributed by atoms with Gasteiger partial charge >= 0.3 is 0 Å². The van der Waals surface area contributed by atoms with E-state index in [0.717, 1.165) is 31.0 Å². The van der Waals surface area contributed by atoms with Crippen molar-refractivity contribution in [2.24, 2.45) is 0 Å². The highest BCUT2D eigenvalue weighted by atomic mass is 35.5. The van der Waals surface area contributed by atoms with Crippen molar-refractivity contribution < 1.29 is 4.74 Å². The molecule has 5 heteroatoms. The summed E-state index contributed by atoms with van der Waals surface area (Å²) in [5, 5.41) is 4.19. The monoisotopic (exact) mass is 281 g/mol. The van der Waals surface area contributed by atoms with E-state index >= 15 is 0 Å². The number of nitrogens with one attached hydrogen (secondary N) is 1. The molecule has 104 valence electrons. The van der Waals surface area contributed by atoms with Crippen molar-refractivity contribution in [2.45, 2.75) is 38.5 Å². The summed E-state index contributed by atoms with van der Waals surface area (Å²) in [5.74, 6) is 1.10. The summed E-state index contributed by atoms with van der Waals surface area (Å²) in [5.41, 5.74) is 2.10. The zero-order chi connectivity index (χ0) is 13.6. The van der Waals surface area contributed by atoms with Gasteiger partial charge in [-0.3, -0.25) is 0 Å². The summed E-state index contributed by atoms with van der Waals surface area (Å²) in [6, 6.07) is 3.05. The predicted molar refractivity (Wildman–Crippen MR) is 77.0 cm³/mol. The van der Waals surface area contributed by atoms with E-state index in [9.17, 15) is 0 Å². The molecule has 0 bridgehead atoms. The molecule has 2 aliphatic heterocycles. The fraction of sp³-hybridized carbons (Fsp3) is 0.643. The highest BCUT2D eigenvalue weighted by Crippen LogP contribution is 2.37. The topological polar surface area (TPSA) is 37.4 Å². The Balaban J connectivity index is 2.03. The summed E-state index contributed by atoms with van der Waals surface area (Å²) in [7, 11) is 1.69. The first-order valence-electron chi connectivity index (χ1n) is 6.83. The fourth-order valence-corrected chi connectivity index (χ4v) is 3.45. The fourth-order valence-electron chi connectivity index (χ4n) is 3.12. The Morgan fingerprint density at radius 3 is 3.05 bits per heavy atom. The van der Waals surface area contributed by atoms with Gasteiger partial charge in [0.15, 0.2) is 0 Å². The number of aromatic nitrogens is 1. The Kier molecular flexibility index (Phi) is 3.41. The van der Waals surface area contributed by atoms with Crippen molar-refractivity contribution in [2.75, 3.05) is 25.1 Å². The molecule has 1 unspecified atom stereocenters. The maximum atomic E-state index is 6.34. The first kappa shape index (κ1) is 13.2. The Labute approximate surface area is 119 Å². The normalized spacial score (nSPS) is 27.1. The number of halogens is 1. The summed E-state index contributed by atoms with van der Waals surface area (Å²) < 4.78 is 5.36. The van der Waals surface area contributed by atoms with Crippen LogP contribution in [-0.4, -0.2) is 37.3 Å². The lowest BCUT2D eigenvalue weighted by atomic mass is 10.1. The van der Waals surface area contributed by atoms with Crippen LogP contribution in [0.1, 0.15) is 31.2 Å². The van der Waals surface area contributed by atoms with Gasteiger partial charge in [-0.05, 0) is 31.9 Å². The minimum absolute atomic E-state index is 0.0740. The van der Waals surface area contributed by atoms with Crippen LogP contribution in [0.25, 0.3) is 0 Å². The molecule has 1 saturated heterocycles. The van der Waals surface area contributed by atoms with Crippen molar-refractivity contribution in [1.82, 2.24) is 10.3 Å². The Bertz CT molecular complexity index is 494. The molecule has 0 spiro atoms. The van der Waals surface area contributed by atoms with Crippen LogP contribution in [0.15, 0.2) is 6.07 Å². The van der Waals surface area contributed by atoms with Gasteiger partial charge < -0.3 is 15.0 Å². The van der Waals surface area contributed by atoms with Crippen LogP contribution in [0, 0.1) is 0 Å². The van der Waals surface area contributed by atoms with Crippen molar-refractivity contribution in [1.29, 1.82) is 0 Å². The van der Waals surface area contributed by atoms with Gasteiger partial charge in [0.25, 0.3) is 0 Å². The van der Waals surface area contributed by atoms with Crippen LogP contribution >= 0.6 is 11.6 Å². The third-order valence-electron chi connectivity index (χ3n) is 4.19. The van der Waals surface area contributed by atoms with Crippen molar-refractivity contribution in [3.63, 3.8) is 0 Å². The molecule has 1 aromatic heterocycles. The maximum absolute atomic E-state index is 6.34. The molecule has 4 nitrogen and oxygen atoms in total. The average Bonchev–Trinajstić information content (AvgIpc) is 2.75. The molecule has 3 rings (SSSR count). The molecular weight excluding hydrogens is 262 g/mol.